The first-order valence-corrected chi connectivity index (χ1v) is 14.4. The average molecular weight is 567 g/mol. The molecule has 0 N–H and O–H groups in total. The van der Waals surface area contributed by atoms with Crippen LogP contribution in [0.2, 0.25) is 0 Å². The van der Waals surface area contributed by atoms with Gasteiger partial charge in [0.25, 0.3) is 0 Å². The summed E-state index contributed by atoms with van der Waals surface area (Å²) in [6.07, 6.45) is 7.32. The summed E-state index contributed by atoms with van der Waals surface area (Å²) in [5.74, 6) is 0. The fourth-order valence-electron chi connectivity index (χ4n) is 6.09. The Bertz CT molecular complexity index is 2510. The number of aromatic nitrogens is 4. The zero-order chi connectivity index (χ0) is 29.0. The first kappa shape index (κ1) is 24.5. The second-order valence-corrected chi connectivity index (χ2v) is 10.7. The average Bonchev–Trinajstić information content (AvgIpc) is 3.67. The lowest BCUT2D eigenvalue weighted by atomic mass is 9.91. The van der Waals surface area contributed by atoms with Gasteiger partial charge in [-0.3, -0.25) is 19.9 Å². The molecule has 3 aromatic carbocycles. The quantitative estimate of drug-likeness (QED) is 0.211. The Morgan fingerprint density at radius 2 is 1.00 bits per heavy atom. The Morgan fingerprint density at radius 1 is 0.386 bits per heavy atom. The van der Waals surface area contributed by atoms with Gasteiger partial charge < -0.3 is 8.83 Å². The summed E-state index contributed by atoms with van der Waals surface area (Å²) in [7, 11) is 0. The predicted molar refractivity (Wildman–Crippen MR) is 174 cm³/mol. The largest absolute Gasteiger partial charge is 0.454 e. The van der Waals surface area contributed by atoms with Crippen LogP contribution >= 0.6 is 0 Å². The maximum atomic E-state index is 6.42. The lowest BCUT2D eigenvalue weighted by Gasteiger charge is -2.14. The number of fused-ring (bicyclic) bond motifs is 6. The normalized spacial score (nSPS) is 11.6. The molecular weight excluding hydrogens is 544 g/mol. The summed E-state index contributed by atoms with van der Waals surface area (Å²) in [6.45, 7) is 0. The van der Waals surface area contributed by atoms with E-state index in [9.17, 15) is 0 Å². The molecule has 9 aromatic rings. The molecule has 0 radical (unpaired) electrons. The monoisotopic (exact) mass is 566 g/mol. The van der Waals surface area contributed by atoms with Gasteiger partial charge in [0.2, 0.25) is 0 Å². The van der Waals surface area contributed by atoms with Gasteiger partial charge in [-0.05, 0) is 89.0 Å². The molecule has 6 nitrogen and oxygen atoms in total. The van der Waals surface area contributed by atoms with Crippen molar-refractivity contribution in [3.63, 3.8) is 0 Å². The van der Waals surface area contributed by atoms with E-state index in [1.165, 1.54) is 0 Å². The number of pyridine rings is 4. The van der Waals surface area contributed by atoms with Crippen LogP contribution in [0.4, 0.5) is 0 Å². The molecule has 9 rings (SSSR count). The van der Waals surface area contributed by atoms with E-state index in [0.29, 0.717) is 0 Å². The Morgan fingerprint density at radius 3 is 1.73 bits per heavy atom. The van der Waals surface area contributed by atoms with Crippen molar-refractivity contribution in [2.75, 3.05) is 0 Å². The van der Waals surface area contributed by atoms with Crippen LogP contribution in [0.25, 0.3) is 88.9 Å². The van der Waals surface area contributed by atoms with Gasteiger partial charge in [0.15, 0.2) is 11.2 Å². The lowest BCUT2D eigenvalue weighted by Crippen LogP contribution is -1.92. The molecule has 0 atom stereocenters. The molecule has 0 spiro atoms. The number of hydrogen-bond acceptors (Lipinski definition) is 6. The minimum atomic E-state index is 0.755. The van der Waals surface area contributed by atoms with E-state index in [-0.39, 0.29) is 0 Å². The summed E-state index contributed by atoms with van der Waals surface area (Å²) in [4.78, 5) is 18.6. The van der Waals surface area contributed by atoms with Gasteiger partial charge in [0.1, 0.15) is 22.2 Å². The minimum Gasteiger partial charge on any atom is -0.454 e. The van der Waals surface area contributed by atoms with Crippen LogP contribution in [-0.2, 0) is 0 Å². The van der Waals surface area contributed by atoms with Gasteiger partial charge in [-0.2, -0.15) is 0 Å². The number of hydrogen-bond donors (Lipinski definition) is 0. The van der Waals surface area contributed by atoms with Gasteiger partial charge in [0, 0.05) is 46.7 Å². The highest BCUT2D eigenvalue weighted by Gasteiger charge is 2.19. The van der Waals surface area contributed by atoms with Crippen molar-refractivity contribution in [2.45, 2.75) is 0 Å². The molecule has 0 aliphatic heterocycles. The summed E-state index contributed by atoms with van der Waals surface area (Å²) >= 11 is 0. The van der Waals surface area contributed by atoms with E-state index >= 15 is 0 Å². The van der Waals surface area contributed by atoms with Crippen LogP contribution in [0.15, 0.2) is 143 Å². The van der Waals surface area contributed by atoms with Gasteiger partial charge >= 0.3 is 0 Å². The highest BCUT2D eigenvalue weighted by molar-refractivity contribution is 6.10. The van der Waals surface area contributed by atoms with Crippen LogP contribution in [0.1, 0.15) is 0 Å². The Labute approximate surface area is 251 Å². The molecule has 6 aromatic heterocycles. The van der Waals surface area contributed by atoms with E-state index in [2.05, 4.69) is 39.2 Å². The van der Waals surface area contributed by atoms with Crippen molar-refractivity contribution in [2.24, 2.45) is 0 Å². The lowest BCUT2D eigenvalue weighted by molar-refractivity contribution is 0.668. The summed E-state index contributed by atoms with van der Waals surface area (Å²) < 4.78 is 12.8. The highest BCUT2D eigenvalue weighted by Crippen LogP contribution is 2.42. The molecule has 0 unspecified atom stereocenters. The van der Waals surface area contributed by atoms with Crippen LogP contribution in [-0.4, -0.2) is 19.9 Å². The van der Waals surface area contributed by atoms with Crippen molar-refractivity contribution < 1.29 is 8.83 Å². The van der Waals surface area contributed by atoms with E-state index in [1.54, 1.807) is 6.20 Å². The van der Waals surface area contributed by atoms with Crippen molar-refractivity contribution in [3.05, 3.63) is 134 Å². The standard InChI is InChI=1S/C38H22N4O2/c1-3-10-33-28(7-1)35-37(43-33)25(15-19-41-35)23-12-13-26(27-16-20-42-36-29-8-2-4-11-34(29)44-38(27)36)30(21-23)24-14-18-40-32(22-24)31-9-5-6-17-39-31/h1-22H. The van der Waals surface area contributed by atoms with Crippen LogP contribution in [0.3, 0.4) is 0 Å². The SMILES string of the molecule is c1ccc(-c2cc(-c3cc(-c4ccnc5c4oc4ccccc45)ccc3-c3ccnc4c3oc3ccccc34)ccn2)nc1. The summed E-state index contributed by atoms with van der Waals surface area (Å²) in [6, 6.07) is 36.5. The molecule has 0 saturated heterocycles. The number of para-hydroxylation sites is 2. The fourth-order valence-corrected chi connectivity index (χ4v) is 6.09. The summed E-state index contributed by atoms with van der Waals surface area (Å²) in [5, 5.41) is 1.99. The van der Waals surface area contributed by atoms with Gasteiger partial charge in [-0.25, -0.2) is 0 Å². The predicted octanol–water partition coefficient (Wildman–Crippen LogP) is 9.73. The summed E-state index contributed by atoms with van der Waals surface area (Å²) in [5.41, 5.74) is 12.5. The van der Waals surface area contributed by atoms with Crippen LogP contribution in [0.5, 0.6) is 0 Å². The van der Waals surface area contributed by atoms with E-state index < -0.39 is 0 Å². The zero-order valence-corrected chi connectivity index (χ0v) is 23.3. The first-order valence-electron chi connectivity index (χ1n) is 14.4. The third kappa shape index (κ3) is 3.82. The number of rotatable bonds is 4. The maximum absolute atomic E-state index is 6.42. The van der Waals surface area contributed by atoms with Gasteiger partial charge in [-0.1, -0.05) is 42.5 Å². The Balaban J connectivity index is 1.31. The van der Waals surface area contributed by atoms with Crippen molar-refractivity contribution >= 4 is 44.1 Å². The number of furan rings is 2. The third-order valence-corrected chi connectivity index (χ3v) is 8.14. The maximum Gasteiger partial charge on any atom is 0.161 e. The fraction of sp³-hybridized carbons (Fsp3) is 0. The van der Waals surface area contributed by atoms with Gasteiger partial charge in [-0.15, -0.1) is 0 Å². The van der Waals surface area contributed by atoms with E-state index in [4.69, 9.17) is 13.8 Å². The molecule has 6 heteroatoms. The second-order valence-electron chi connectivity index (χ2n) is 10.7. The molecule has 6 heterocycles. The van der Waals surface area contributed by atoms with E-state index in [0.717, 1.165) is 88.9 Å². The van der Waals surface area contributed by atoms with Gasteiger partial charge in [0.05, 0.1) is 11.4 Å². The minimum absolute atomic E-state index is 0.755. The topological polar surface area (TPSA) is 77.8 Å². The number of benzene rings is 3. The molecule has 0 saturated carbocycles. The first-order chi connectivity index (χ1) is 21.8. The van der Waals surface area contributed by atoms with Crippen molar-refractivity contribution in [1.82, 2.24) is 19.9 Å². The van der Waals surface area contributed by atoms with Crippen LogP contribution in [0, 0.1) is 0 Å². The van der Waals surface area contributed by atoms with E-state index in [1.807, 2.05) is 104 Å². The molecule has 0 aliphatic carbocycles. The third-order valence-electron chi connectivity index (χ3n) is 8.14. The highest BCUT2D eigenvalue weighted by atomic mass is 16.3. The zero-order valence-electron chi connectivity index (χ0n) is 23.3. The Hall–Kier alpha value is -6.14. The molecule has 0 bridgehead atoms. The van der Waals surface area contributed by atoms with Crippen molar-refractivity contribution in [3.8, 4) is 44.8 Å². The van der Waals surface area contributed by atoms with Crippen molar-refractivity contribution in [1.29, 1.82) is 0 Å². The molecule has 0 fully saturated rings. The second kappa shape index (κ2) is 9.71. The molecular formula is C38H22N4O2. The van der Waals surface area contributed by atoms with Crippen LogP contribution < -0.4 is 0 Å². The Kier molecular flexibility index (Phi) is 5.40. The molecule has 44 heavy (non-hydrogen) atoms. The molecule has 0 aliphatic rings. The molecule has 206 valence electrons. The number of nitrogens with zero attached hydrogens (tertiary/aromatic N) is 4. The smallest absolute Gasteiger partial charge is 0.161 e. The molecule has 0 amide bonds.